The Morgan fingerprint density at radius 2 is 1.56 bits per heavy atom. The van der Waals surface area contributed by atoms with Gasteiger partial charge in [0.05, 0.1) is 11.1 Å². The van der Waals surface area contributed by atoms with Crippen molar-refractivity contribution in [3.05, 3.63) is 114 Å². The Balaban J connectivity index is 0.00000308. The van der Waals surface area contributed by atoms with Crippen LogP contribution in [0.5, 0.6) is 11.8 Å². The van der Waals surface area contributed by atoms with Crippen LogP contribution in [0.25, 0.3) is 27.7 Å². The average molecular weight is 539 g/mol. The maximum absolute atomic E-state index is 6.29. The number of nitrogens with one attached hydrogen (secondary N) is 1. The number of pyridine rings is 1. The summed E-state index contributed by atoms with van der Waals surface area (Å²) >= 11 is 0. The van der Waals surface area contributed by atoms with Gasteiger partial charge >= 0.3 is 0 Å². The molecule has 0 saturated heterocycles. The molecule has 2 aromatic heterocycles. The Kier molecular flexibility index (Phi) is 8.25. The first-order valence-electron chi connectivity index (χ1n) is 13.0. The molecule has 1 N–H and O–H groups in total. The van der Waals surface area contributed by atoms with Gasteiger partial charge in [-0.3, -0.25) is 4.68 Å². The van der Waals surface area contributed by atoms with Crippen molar-refractivity contribution >= 4 is 28.9 Å². The summed E-state index contributed by atoms with van der Waals surface area (Å²) in [5.41, 5.74) is 7.54. The summed E-state index contributed by atoms with van der Waals surface area (Å²) in [7, 11) is 1.99. The summed E-state index contributed by atoms with van der Waals surface area (Å²) in [6, 6.07) is 30.7. The molecular weight excluding hydrogens is 508 g/mol. The number of hydrogen-bond donors (Lipinski definition) is 1. The molecule has 0 aliphatic carbocycles. The molecule has 0 fully saturated rings. The minimum Gasteiger partial charge on any atom is -0.473 e. The second-order valence-electron chi connectivity index (χ2n) is 9.44. The molecule has 0 atom stereocenters. The zero-order valence-electron chi connectivity index (χ0n) is 21.8. The van der Waals surface area contributed by atoms with E-state index in [1.807, 2.05) is 84.5 Å². The lowest BCUT2D eigenvalue weighted by Crippen LogP contribution is -2.19. The number of aryl methyl sites for hydroxylation is 1. The molecule has 3 aromatic carbocycles. The summed E-state index contributed by atoms with van der Waals surface area (Å²) in [5.74, 6) is 1.02. The van der Waals surface area contributed by atoms with Crippen LogP contribution >= 0.6 is 12.4 Å². The Morgan fingerprint density at radius 3 is 2.26 bits per heavy atom. The van der Waals surface area contributed by atoms with Gasteiger partial charge in [-0.2, -0.15) is 10.1 Å². The molecule has 39 heavy (non-hydrogen) atoms. The molecule has 0 radical (unpaired) electrons. The Bertz CT molecular complexity index is 1580. The number of nitrogens with zero attached hydrogens (tertiary/aromatic N) is 3. The third-order valence-corrected chi connectivity index (χ3v) is 6.82. The average Bonchev–Trinajstić information content (AvgIpc) is 3.32. The minimum atomic E-state index is 0. The van der Waals surface area contributed by atoms with E-state index in [4.69, 9.17) is 19.6 Å². The first-order valence-corrected chi connectivity index (χ1v) is 13.0. The lowest BCUT2D eigenvalue weighted by Gasteiger charge is -2.14. The lowest BCUT2D eigenvalue weighted by atomic mass is 9.98. The molecule has 0 bridgehead atoms. The standard InChI is InChI=1S/C32H30N4O2.ClH/c1-36-29-20-26(25-16-18-33-19-17-25)12-13-27(29)31(35-36)28-14-15-30(37-21-23-8-4-2-5-9-23)34-32(28)38-22-24-10-6-3-7-11-24;/h2-16,20,33H,17-19,21-22H2,1H3;1H. The molecule has 6 rings (SSSR count). The molecule has 3 heterocycles. The van der Waals surface area contributed by atoms with Crippen LogP contribution in [-0.2, 0) is 20.3 Å². The highest BCUT2D eigenvalue weighted by atomic mass is 35.5. The van der Waals surface area contributed by atoms with Crippen LogP contribution in [0.2, 0.25) is 0 Å². The van der Waals surface area contributed by atoms with Crippen molar-refractivity contribution in [1.82, 2.24) is 20.1 Å². The molecule has 6 nitrogen and oxygen atoms in total. The summed E-state index contributed by atoms with van der Waals surface area (Å²) in [6.07, 6.45) is 3.30. The van der Waals surface area contributed by atoms with E-state index in [1.54, 1.807) is 0 Å². The van der Waals surface area contributed by atoms with Gasteiger partial charge in [-0.05, 0) is 53.4 Å². The fourth-order valence-electron chi connectivity index (χ4n) is 4.79. The Labute approximate surface area is 234 Å². The van der Waals surface area contributed by atoms with E-state index >= 15 is 0 Å². The predicted octanol–water partition coefficient (Wildman–Crippen LogP) is 6.59. The maximum Gasteiger partial charge on any atom is 0.226 e. The van der Waals surface area contributed by atoms with Crippen molar-refractivity contribution in [3.63, 3.8) is 0 Å². The third kappa shape index (κ3) is 5.98. The topological polar surface area (TPSA) is 61.2 Å². The quantitative estimate of drug-likeness (QED) is 0.241. The monoisotopic (exact) mass is 538 g/mol. The van der Waals surface area contributed by atoms with Gasteiger partial charge in [0.2, 0.25) is 11.8 Å². The molecule has 7 heteroatoms. The van der Waals surface area contributed by atoms with Crippen molar-refractivity contribution in [2.45, 2.75) is 19.6 Å². The molecule has 0 amide bonds. The molecule has 0 spiro atoms. The van der Waals surface area contributed by atoms with Gasteiger partial charge in [-0.1, -0.05) is 72.8 Å². The van der Waals surface area contributed by atoms with E-state index in [9.17, 15) is 0 Å². The van der Waals surface area contributed by atoms with Crippen molar-refractivity contribution in [2.75, 3.05) is 13.1 Å². The van der Waals surface area contributed by atoms with Gasteiger partial charge in [-0.25, -0.2) is 0 Å². The fourth-order valence-corrected chi connectivity index (χ4v) is 4.79. The number of benzene rings is 3. The van der Waals surface area contributed by atoms with Crippen molar-refractivity contribution in [1.29, 1.82) is 0 Å². The number of halogens is 1. The van der Waals surface area contributed by atoms with E-state index in [2.05, 4.69) is 29.6 Å². The van der Waals surface area contributed by atoms with Crippen LogP contribution in [0.15, 0.2) is 97.1 Å². The maximum atomic E-state index is 6.29. The summed E-state index contributed by atoms with van der Waals surface area (Å²) < 4.78 is 14.3. The first-order chi connectivity index (χ1) is 18.7. The van der Waals surface area contributed by atoms with Gasteiger partial charge in [-0.15, -0.1) is 12.4 Å². The largest absolute Gasteiger partial charge is 0.473 e. The molecule has 0 unspecified atom stereocenters. The minimum absolute atomic E-state index is 0. The van der Waals surface area contributed by atoms with Crippen LogP contribution < -0.4 is 14.8 Å². The molecule has 5 aromatic rings. The zero-order valence-corrected chi connectivity index (χ0v) is 22.7. The lowest BCUT2D eigenvalue weighted by molar-refractivity contribution is 0.268. The van der Waals surface area contributed by atoms with Crippen molar-refractivity contribution in [3.8, 4) is 23.0 Å². The van der Waals surface area contributed by atoms with E-state index in [0.717, 1.165) is 52.8 Å². The van der Waals surface area contributed by atoms with Gasteiger partial charge in [0.1, 0.15) is 18.9 Å². The number of aromatic nitrogens is 3. The summed E-state index contributed by atoms with van der Waals surface area (Å²) in [5, 5.41) is 9.36. The van der Waals surface area contributed by atoms with E-state index in [1.165, 1.54) is 11.1 Å². The van der Waals surface area contributed by atoms with Crippen LogP contribution in [0.3, 0.4) is 0 Å². The van der Waals surface area contributed by atoms with Gasteiger partial charge in [0, 0.05) is 25.0 Å². The van der Waals surface area contributed by atoms with E-state index in [-0.39, 0.29) is 12.4 Å². The molecule has 0 saturated carbocycles. The number of ether oxygens (including phenoxy) is 2. The summed E-state index contributed by atoms with van der Waals surface area (Å²) in [4.78, 5) is 4.78. The second kappa shape index (κ2) is 12.2. The zero-order chi connectivity index (χ0) is 25.7. The third-order valence-electron chi connectivity index (χ3n) is 6.82. The number of fused-ring (bicyclic) bond motifs is 1. The highest BCUT2D eigenvalue weighted by Gasteiger charge is 2.19. The molecule has 1 aliphatic rings. The normalized spacial score (nSPS) is 13.0. The van der Waals surface area contributed by atoms with Gasteiger partial charge < -0.3 is 14.8 Å². The predicted molar refractivity (Wildman–Crippen MR) is 158 cm³/mol. The van der Waals surface area contributed by atoms with Crippen LogP contribution in [0.4, 0.5) is 0 Å². The molecular formula is C32H31ClN4O2. The summed E-state index contributed by atoms with van der Waals surface area (Å²) in [6.45, 7) is 2.76. The van der Waals surface area contributed by atoms with Crippen LogP contribution in [-0.4, -0.2) is 27.9 Å². The van der Waals surface area contributed by atoms with Crippen LogP contribution in [0.1, 0.15) is 23.1 Å². The first kappa shape index (κ1) is 26.5. The van der Waals surface area contributed by atoms with Crippen molar-refractivity contribution in [2.24, 2.45) is 7.05 Å². The molecule has 1 aliphatic heterocycles. The van der Waals surface area contributed by atoms with Crippen molar-refractivity contribution < 1.29 is 9.47 Å². The number of hydrogen-bond acceptors (Lipinski definition) is 5. The fraction of sp³-hybridized carbons (Fsp3) is 0.188. The van der Waals surface area contributed by atoms with E-state index in [0.29, 0.717) is 25.0 Å². The Hall–Kier alpha value is -4.13. The molecule has 198 valence electrons. The van der Waals surface area contributed by atoms with Gasteiger partial charge in [0.25, 0.3) is 0 Å². The van der Waals surface area contributed by atoms with E-state index < -0.39 is 0 Å². The Morgan fingerprint density at radius 1 is 0.846 bits per heavy atom. The van der Waals surface area contributed by atoms with Gasteiger partial charge in [0.15, 0.2) is 0 Å². The smallest absolute Gasteiger partial charge is 0.226 e. The highest BCUT2D eigenvalue weighted by molar-refractivity contribution is 5.96. The van der Waals surface area contributed by atoms with Crippen LogP contribution in [0, 0.1) is 0 Å². The SMILES string of the molecule is Cl.Cn1nc(-c2ccc(OCc3ccccc3)nc2OCc2ccccc2)c2ccc(C3=CCNCC3)cc21. The highest BCUT2D eigenvalue weighted by Crippen LogP contribution is 2.36. The second-order valence-corrected chi connectivity index (χ2v) is 9.44. The number of rotatable bonds is 8.